The van der Waals surface area contributed by atoms with Crippen molar-refractivity contribution >= 4 is 98.5 Å². The highest BCUT2D eigenvalue weighted by Crippen LogP contribution is 2.47. The SMILES string of the molecule is CCCCCCCCCCC(CCCCCCCC)Cc1cc(-c2ccc(-c3cc(CC(CCCCCCCC)CCCCCCCCCC)c(-c4ccc5c(ccc6c7ccc8cc(C)ccc8c7sc56)c4)s3)c3nsnc23)sc1C. The highest BCUT2D eigenvalue weighted by Gasteiger charge is 2.23. The van der Waals surface area contributed by atoms with Crippen molar-refractivity contribution in [3.8, 4) is 31.3 Å². The van der Waals surface area contributed by atoms with Gasteiger partial charge in [-0.05, 0) is 95.0 Å². The van der Waals surface area contributed by atoms with Crippen LogP contribution in [0.2, 0.25) is 0 Å². The molecule has 0 saturated heterocycles. The molecule has 4 aromatic heterocycles. The lowest BCUT2D eigenvalue weighted by Gasteiger charge is -2.18. The average molecular weight is 1170 g/mol. The van der Waals surface area contributed by atoms with E-state index < -0.39 is 0 Å². The van der Waals surface area contributed by atoms with Crippen LogP contribution < -0.4 is 0 Å². The second kappa shape index (κ2) is 33.1. The molecule has 0 aliphatic rings. The van der Waals surface area contributed by atoms with E-state index in [0.29, 0.717) is 5.92 Å². The van der Waals surface area contributed by atoms with Crippen molar-refractivity contribution in [3.05, 3.63) is 106 Å². The summed E-state index contributed by atoms with van der Waals surface area (Å²) in [6.45, 7) is 13.9. The van der Waals surface area contributed by atoms with E-state index in [4.69, 9.17) is 8.75 Å². The number of aryl methyl sites for hydroxylation is 2. The Kier molecular flexibility index (Phi) is 25.3. The van der Waals surface area contributed by atoms with Crippen LogP contribution in [0.1, 0.15) is 255 Å². The number of rotatable bonds is 39. The maximum Gasteiger partial charge on any atom is 0.114 e. The predicted octanol–water partition coefficient (Wildman–Crippen LogP) is 27.0. The van der Waals surface area contributed by atoms with Gasteiger partial charge in [0, 0.05) is 50.8 Å². The van der Waals surface area contributed by atoms with Crippen molar-refractivity contribution in [1.82, 2.24) is 8.75 Å². The molecule has 4 heterocycles. The molecule has 0 spiro atoms. The first-order valence-corrected chi connectivity index (χ1v) is 36.8. The minimum atomic E-state index is 0.690. The molecule has 5 aromatic carbocycles. The van der Waals surface area contributed by atoms with E-state index in [0.717, 1.165) is 23.4 Å². The molecule has 2 nitrogen and oxygen atoms in total. The molecule has 6 heteroatoms. The third-order valence-corrected chi connectivity index (χ3v) is 22.7. The van der Waals surface area contributed by atoms with Crippen LogP contribution in [0.15, 0.2) is 84.9 Å². The summed E-state index contributed by atoms with van der Waals surface area (Å²) >= 11 is 7.37. The Balaban J connectivity index is 1.01. The number of unbranched alkanes of at least 4 members (excludes halogenated alkanes) is 24. The molecule has 2 atom stereocenters. The molecule has 9 aromatic rings. The molecule has 82 heavy (non-hydrogen) atoms. The first-order valence-electron chi connectivity index (χ1n) is 33.6. The van der Waals surface area contributed by atoms with Gasteiger partial charge in [0.2, 0.25) is 0 Å². The van der Waals surface area contributed by atoms with E-state index in [1.807, 2.05) is 34.0 Å². The summed E-state index contributed by atoms with van der Waals surface area (Å²) in [5.74, 6) is 1.46. The van der Waals surface area contributed by atoms with Crippen molar-refractivity contribution < 1.29 is 0 Å². The maximum atomic E-state index is 5.17. The minimum absolute atomic E-state index is 0.690. The number of hydrogen-bond donors (Lipinski definition) is 0. The van der Waals surface area contributed by atoms with Crippen LogP contribution in [0.5, 0.6) is 0 Å². The van der Waals surface area contributed by atoms with Gasteiger partial charge in [-0.1, -0.05) is 305 Å². The molecule has 0 N–H and O–H groups in total. The van der Waals surface area contributed by atoms with Crippen LogP contribution in [-0.4, -0.2) is 8.75 Å². The topological polar surface area (TPSA) is 25.8 Å². The number of thiophene rings is 3. The van der Waals surface area contributed by atoms with Gasteiger partial charge in [-0.25, -0.2) is 0 Å². The molecule has 0 bridgehead atoms. The largest absolute Gasteiger partial charge is 0.172 e. The molecule has 9 rings (SSSR count). The van der Waals surface area contributed by atoms with E-state index in [1.165, 1.54) is 313 Å². The zero-order valence-corrected chi connectivity index (χ0v) is 55.1. The Hall–Kier alpha value is -3.94. The van der Waals surface area contributed by atoms with Crippen molar-refractivity contribution in [2.45, 2.75) is 260 Å². The molecule has 0 radical (unpaired) electrons. The Bertz CT molecular complexity index is 3340. The predicted molar refractivity (Wildman–Crippen MR) is 372 cm³/mol. The first kappa shape index (κ1) is 62.6. The number of hydrogen-bond acceptors (Lipinski definition) is 6. The van der Waals surface area contributed by atoms with Gasteiger partial charge in [0.25, 0.3) is 0 Å². The maximum absolute atomic E-state index is 5.17. The van der Waals surface area contributed by atoms with Gasteiger partial charge in [0.05, 0.1) is 11.7 Å². The van der Waals surface area contributed by atoms with Gasteiger partial charge in [-0.2, -0.15) is 8.75 Å². The summed E-state index contributed by atoms with van der Waals surface area (Å²) in [6, 6.07) is 33.8. The molecule has 440 valence electrons. The summed E-state index contributed by atoms with van der Waals surface area (Å²) < 4.78 is 13.1. The Labute approximate surface area is 513 Å². The number of benzene rings is 5. The smallest absolute Gasteiger partial charge is 0.114 e. The van der Waals surface area contributed by atoms with E-state index in [1.54, 1.807) is 5.56 Å². The van der Waals surface area contributed by atoms with Gasteiger partial charge in [-0.15, -0.1) is 34.0 Å². The van der Waals surface area contributed by atoms with Gasteiger partial charge >= 0.3 is 0 Å². The summed E-state index contributed by atoms with van der Waals surface area (Å²) in [4.78, 5) is 5.63. The number of nitrogens with zero attached hydrogens (tertiary/aromatic N) is 2. The molecule has 0 aliphatic heterocycles. The zero-order valence-electron chi connectivity index (χ0n) is 51.8. The first-order chi connectivity index (χ1) is 40.4. The van der Waals surface area contributed by atoms with E-state index in [9.17, 15) is 0 Å². The van der Waals surface area contributed by atoms with Crippen molar-refractivity contribution in [2.24, 2.45) is 11.8 Å². The minimum Gasteiger partial charge on any atom is -0.172 e. The molecule has 0 fully saturated rings. The van der Waals surface area contributed by atoms with Gasteiger partial charge in [0.15, 0.2) is 0 Å². The monoisotopic (exact) mass is 1170 g/mol. The van der Waals surface area contributed by atoms with Crippen LogP contribution in [0.4, 0.5) is 0 Å². The molecular formula is C76H102N2S4. The lowest BCUT2D eigenvalue weighted by molar-refractivity contribution is 0.400. The third-order valence-electron chi connectivity index (χ3n) is 18.5. The molecule has 0 saturated carbocycles. The normalized spacial score (nSPS) is 12.9. The summed E-state index contributed by atoms with van der Waals surface area (Å²) in [5, 5.41) is 8.16. The lowest BCUT2D eigenvalue weighted by Crippen LogP contribution is -2.06. The quantitative estimate of drug-likeness (QED) is 0.0359. The van der Waals surface area contributed by atoms with E-state index in [-0.39, 0.29) is 0 Å². The Morgan fingerprint density at radius 2 is 0.768 bits per heavy atom. The molecule has 2 unspecified atom stereocenters. The number of fused-ring (bicyclic) bond motifs is 8. The highest BCUT2D eigenvalue weighted by molar-refractivity contribution is 7.27. The second-order valence-corrected chi connectivity index (χ2v) is 29.1. The van der Waals surface area contributed by atoms with Crippen molar-refractivity contribution in [1.29, 1.82) is 0 Å². The molecule has 0 aliphatic carbocycles. The molecular weight excluding hydrogens is 1070 g/mol. The summed E-state index contributed by atoms with van der Waals surface area (Å²) in [7, 11) is 0. The third kappa shape index (κ3) is 16.9. The van der Waals surface area contributed by atoms with Crippen LogP contribution in [-0.2, 0) is 12.8 Å². The fraction of sp³-hybridized carbons (Fsp3) is 0.553. The highest BCUT2D eigenvalue weighted by atomic mass is 32.1. The van der Waals surface area contributed by atoms with Gasteiger partial charge in [-0.3, -0.25) is 0 Å². The summed E-state index contributed by atoms with van der Waals surface area (Å²) in [6.07, 6.45) is 46.4. The van der Waals surface area contributed by atoms with E-state index >= 15 is 0 Å². The second-order valence-electron chi connectivity index (χ2n) is 25.2. The molecule has 0 amide bonds. The number of aromatic nitrogens is 2. The standard InChI is InChI=1S/C76H102N2S4/c1-7-11-15-19-23-25-29-33-36-57(35-31-27-21-17-13-9-3)50-62-53-70(79-56(62)6)68-47-48-69(73-72(68)77-82-78-73)71-54-63(51-58(37-32-28-22-18-14-10-4)38-34-30-26-24-20-16-12-8-2)74(80-71)61-42-44-65-60(52-61)41-46-67-66-45-40-59-49-55(5)39-43-64(59)75(66)81-76(65)67/h39-49,52-54,57-58H,7-38,50-51H2,1-6H3. The fourth-order valence-electron chi connectivity index (χ4n) is 13.6. The van der Waals surface area contributed by atoms with E-state index in [2.05, 4.69) is 126 Å². The van der Waals surface area contributed by atoms with Crippen LogP contribution in [0, 0.1) is 25.7 Å². The average Bonchev–Trinajstić information content (AvgIpc) is 4.44. The Morgan fingerprint density at radius 1 is 0.366 bits per heavy atom. The summed E-state index contributed by atoms with van der Waals surface area (Å²) in [5.41, 5.74) is 10.4. The fourth-order valence-corrected chi connectivity index (χ4v) is 17.8. The lowest BCUT2D eigenvalue weighted by atomic mass is 9.87. The zero-order chi connectivity index (χ0) is 56.9. The van der Waals surface area contributed by atoms with Gasteiger partial charge < -0.3 is 0 Å². The van der Waals surface area contributed by atoms with Crippen LogP contribution in [0.25, 0.3) is 84.1 Å². The van der Waals surface area contributed by atoms with Crippen LogP contribution >= 0.6 is 45.7 Å². The van der Waals surface area contributed by atoms with Gasteiger partial charge in [0.1, 0.15) is 11.0 Å². The Morgan fingerprint density at radius 3 is 1.26 bits per heavy atom. The van der Waals surface area contributed by atoms with Crippen molar-refractivity contribution in [3.63, 3.8) is 0 Å². The van der Waals surface area contributed by atoms with Crippen LogP contribution in [0.3, 0.4) is 0 Å². The van der Waals surface area contributed by atoms with Crippen molar-refractivity contribution in [2.75, 3.05) is 0 Å².